The molecule has 1 atom stereocenters. The summed E-state index contributed by atoms with van der Waals surface area (Å²) in [4.78, 5) is 17.1. The fourth-order valence-corrected chi connectivity index (χ4v) is 3.54. The Kier molecular flexibility index (Phi) is 6.99. The van der Waals surface area contributed by atoms with Gasteiger partial charge in [0.15, 0.2) is 11.6 Å². The molecule has 1 heterocycles. The van der Waals surface area contributed by atoms with Gasteiger partial charge < -0.3 is 9.64 Å². The van der Waals surface area contributed by atoms with Crippen LogP contribution in [0.3, 0.4) is 0 Å². The maximum Gasteiger partial charge on any atom is 0.256 e. The molecule has 1 saturated heterocycles. The lowest BCUT2D eigenvalue weighted by Crippen LogP contribution is -2.48. The second kappa shape index (κ2) is 9.45. The summed E-state index contributed by atoms with van der Waals surface area (Å²) in [6, 6.07) is 11.1. The van der Waals surface area contributed by atoms with Gasteiger partial charge in [0.05, 0.1) is 23.8 Å². The highest BCUT2D eigenvalue weighted by atomic mass is 35.5. The van der Waals surface area contributed by atoms with Crippen molar-refractivity contribution < 1.29 is 18.3 Å². The third-order valence-corrected chi connectivity index (χ3v) is 5.17. The third-order valence-electron chi connectivity index (χ3n) is 4.86. The van der Waals surface area contributed by atoms with E-state index in [0.29, 0.717) is 26.3 Å². The van der Waals surface area contributed by atoms with E-state index in [0.717, 1.165) is 30.8 Å². The van der Waals surface area contributed by atoms with Gasteiger partial charge in [0.2, 0.25) is 0 Å². The van der Waals surface area contributed by atoms with Crippen molar-refractivity contribution in [3.8, 4) is 0 Å². The number of benzene rings is 2. The summed E-state index contributed by atoms with van der Waals surface area (Å²) < 4.78 is 32.6. The monoisotopic (exact) mass is 408 g/mol. The van der Waals surface area contributed by atoms with E-state index in [2.05, 4.69) is 4.90 Å². The fraction of sp³-hybridized carbons (Fsp3) is 0.381. The van der Waals surface area contributed by atoms with E-state index in [1.54, 1.807) is 4.90 Å². The first kappa shape index (κ1) is 20.7. The van der Waals surface area contributed by atoms with Crippen LogP contribution in [0.25, 0.3) is 0 Å². The Morgan fingerprint density at radius 3 is 2.50 bits per heavy atom. The van der Waals surface area contributed by atoms with E-state index < -0.39 is 17.5 Å². The number of morpholine rings is 1. The summed E-state index contributed by atoms with van der Waals surface area (Å²) in [5.74, 6) is -2.58. The van der Waals surface area contributed by atoms with Gasteiger partial charge in [-0.1, -0.05) is 41.9 Å². The van der Waals surface area contributed by atoms with Gasteiger partial charge in [-0.3, -0.25) is 9.69 Å². The van der Waals surface area contributed by atoms with Gasteiger partial charge in [-0.2, -0.15) is 0 Å². The van der Waals surface area contributed by atoms with E-state index in [1.165, 1.54) is 0 Å². The van der Waals surface area contributed by atoms with Crippen LogP contribution >= 0.6 is 11.6 Å². The van der Waals surface area contributed by atoms with Gasteiger partial charge in [0, 0.05) is 32.2 Å². The standard InChI is InChI=1S/C21H23ClF2N2O2/c1-15(13-25-7-9-28-10-8-25)26(14-16-5-3-2-4-6-16)21(27)17-11-19(23)20(24)12-18(17)22/h2-6,11-12,15H,7-10,13-14H2,1H3. The molecule has 0 radical (unpaired) electrons. The number of halogens is 3. The first-order chi connectivity index (χ1) is 13.5. The minimum absolute atomic E-state index is 0.0367. The van der Waals surface area contributed by atoms with E-state index in [1.807, 2.05) is 37.3 Å². The van der Waals surface area contributed by atoms with Crippen LogP contribution in [0, 0.1) is 11.6 Å². The van der Waals surface area contributed by atoms with Crippen LogP contribution in [-0.2, 0) is 11.3 Å². The predicted octanol–water partition coefficient (Wildman–Crippen LogP) is 3.98. The van der Waals surface area contributed by atoms with Gasteiger partial charge in [-0.05, 0) is 24.6 Å². The summed E-state index contributed by atoms with van der Waals surface area (Å²) in [6.07, 6.45) is 0. The summed E-state index contributed by atoms with van der Waals surface area (Å²) in [5, 5.41) is -0.0967. The lowest BCUT2D eigenvalue weighted by molar-refractivity contribution is 0.0228. The Hall–Kier alpha value is -2.02. The van der Waals surface area contributed by atoms with Crippen LogP contribution in [0.5, 0.6) is 0 Å². The van der Waals surface area contributed by atoms with Crippen molar-refractivity contribution in [3.63, 3.8) is 0 Å². The molecule has 2 aromatic rings. The number of carbonyl (C=O) groups excluding carboxylic acids is 1. The lowest BCUT2D eigenvalue weighted by atomic mass is 10.1. The van der Waals surface area contributed by atoms with E-state index in [4.69, 9.17) is 16.3 Å². The summed E-state index contributed by atoms with van der Waals surface area (Å²) >= 11 is 6.06. The molecule has 1 unspecified atom stereocenters. The van der Waals surface area contributed by atoms with E-state index >= 15 is 0 Å². The number of amides is 1. The normalized spacial score (nSPS) is 16.0. The molecule has 7 heteroatoms. The second-order valence-corrected chi connectivity index (χ2v) is 7.33. The molecule has 4 nitrogen and oxygen atoms in total. The summed E-state index contributed by atoms with van der Waals surface area (Å²) in [6.45, 7) is 5.86. The van der Waals surface area contributed by atoms with Crippen LogP contribution in [0.1, 0.15) is 22.8 Å². The number of nitrogens with zero attached hydrogens (tertiary/aromatic N) is 2. The average molecular weight is 409 g/mol. The maximum atomic E-state index is 13.8. The van der Waals surface area contributed by atoms with Gasteiger partial charge in [-0.25, -0.2) is 8.78 Å². The van der Waals surface area contributed by atoms with Gasteiger partial charge in [0.25, 0.3) is 5.91 Å². The molecule has 3 rings (SSSR count). The lowest BCUT2D eigenvalue weighted by Gasteiger charge is -2.35. The fourth-order valence-electron chi connectivity index (χ4n) is 3.31. The number of hydrogen-bond donors (Lipinski definition) is 0. The number of carbonyl (C=O) groups is 1. The predicted molar refractivity (Wildman–Crippen MR) is 104 cm³/mol. The van der Waals surface area contributed by atoms with Crippen molar-refractivity contribution in [2.24, 2.45) is 0 Å². The average Bonchev–Trinajstić information content (AvgIpc) is 2.70. The Morgan fingerprint density at radius 2 is 1.82 bits per heavy atom. The maximum absolute atomic E-state index is 13.8. The second-order valence-electron chi connectivity index (χ2n) is 6.93. The molecule has 150 valence electrons. The van der Waals surface area contributed by atoms with E-state index in [-0.39, 0.29) is 16.6 Å². The highest BCUT2D eigenvalue weighted by molar-refractivity contribution is 6.33. The molecular formula is C21H23ClF2N2O2. The van der Waals surface area contributed by atoms with Crippen LogP contribution in [0.4, 0.5) is 8.78 Å². The van der Waals surface area contributed by atoms with Crippen molar-refractivity contribution >= 4 is 17.5 Å². The molecule has 1 aliphatic heterocycles. The third kappa shape index (κ3) is 5.07. The first-order valence-corrected chi connectivity index (χ1v) is 9.63. The van der Waals surface area contributed by atoms with Gasteiger partial charge in [0.1, 0.15) is 0 Å². The zero-order valence-corrected chi connectivity index (χ0v) is 16.5. The smallest absolute Gasteiger partial charge is 0.256 e. The number of rotatable bonds is 6. The number of ether oxygens (including phenoxy) is 1. The Morgan fingerprint density at radius 1 is 1.18 bits per heavy atom. The Balaban J connectivity index is 1.86. The van der Waals surface area contributed by atoms with Crippen LogP contribution in [0.2, 0.25) is 5.02 Å². The molecule has 0 N–H and O–H groups in total. The van der Waals surface area contributed by atoms with Gasteiger partial charge in [-0.15, -0.1) is 0 Å². The summed E-state index contributed by atoms with van der Waals surface area (Å²) in [5.41, 5.74) is 0.911. The van der Waals surface area contributed by atoms with Crippen LogP contribution in [0.15, 0.2) is 42.5 Å². The molecule has 28 heavy (non-hydrogen) atoms. The molecular weight excluding hydrogens is 386 g/mol. The van der Waals surface area contributed by atoms with Crippen LogP contribution < -0.4 is 0 Å². The molecule has 0 spiro atoms. The molecule has 0 saturated carbocycles. The molecule has 2 aromatic carbocycles. The molecule has 0 bridgehead atoms. The van der Waals surface area contributed by atoms with Crippen molar-refractivity contribution in [2.75, 3.05) is 32.8 Å². The van der Waals surface area contributed by atoms with Crippen LogP contribution in [-0.4, -0.2) is 54.6 Å². The van der Waals surface area contributed by atoms with Crippen molar-refractivity contribution in [1.29, 1.82) is 0 Å². The minimum atomic E-state index is -1.09. The van der Waals surface area contributed by atoms with Gasteiger partial charge >= 0.3 is 0 Å². The minimum Gasteiger partial charge on any atom is -0.379 e. The molecule has 1 aliphatic rings. The highest BCUT2D eigenvalue weighted by Crippen LogP contribution is 2.24. The van der Waals surface area contributed by atoms with Crippen molar-refractivity contribution in [3.05, 3.63) is 70.2 Å². The Bertz CT molecular complexity index is 814. The van der Waals surface area contributed by atoms with E-state index in [9.17, 15) is 13.6 Å². The Labute approximate surface area is 168 Å². The SMILES string of the molecule is CC(CN1CCOCC1)N(Cc1ccccc1)C(=O)c1cc(F)c(F)cc1Cl. The zero-order chi connectivity index (χ0) is 20.1. The topological polar surface area (TPSA) is 32.8 Å². The molecule has 0 aromatic heterocycles. The highest BCUT2D eigenvalue weighted by Gasteiger charge is 2.27. The van der Waals surface area contributed by atoms with Crippen molar-refractivity contribution in [2.45, 2.75) is 19.5 Å². The quantitative estimate of drug-likeness (QED) is 0.678. The molecule has 1 amide bonds. The van der Waals surface area contributed by atoms with Crippen molar-refractivity contribution in [1.82, 2.24) is 9.80 Å². The summed E-state index contributed by atoms with van der Waals surface area (Å²) in [7, 11) is 0. The first-order valence-electron chi connectivity index (χ1n) is 9.25. The largest absolute Gasteiger partial charge is 0.379 e. The molecule has 1 fully saturated rings. The molecule has 0 aliphatic carbocycles. The zero-order valence-electron chi connectivity index (χ0n) is 15.7. The number of hydrogen-bond acceptors (Lipinski definition) is 3.